The summed E-state index contributed by atoms with van der Waals surface area (Å²) in [6.07, 6.45) is -2.74. The molecule has 1 atom stereocenters. The minimum Gasteiger partial charge on any atom is -0.334 e. The van der Waals surface area contributed by atoms with Crippen molar-refractivity contribution < 1.29 is 31.2 Å². The molecule has 7 nitrogen and oxygen atoms in total. The molecule has 5 rings (SSSR count). The van der Waals surface area contributed by atoms with Crippen molar-refractivity contribution in [3.8, 4) is 0 Å². The summed E-state index contributed by atoms with van der Waals surface area (Å²) in [4.78, 5) is 30.4. The summed E-state index contributed by atoms with van der Waals surface area (Å²) in [7, 11) is -4.01. The zero-order valence-electron chi connectivity index (χ0n) is 22.8. The van der Waals surface area contributed by atoms with Crippen LogP contribution in [0.15, 0.2) is 89.8 Å². The average Bonchev–Trinajstić information content (AvgIpc) is 3.01. The summed E-state index contributed by atoms with van der Waals surface area (Å²) >= 11 is 0. The number of nitrogens with zero attached hydrogens (tertiary/aromatic N) is 2. The Hall–Kier alpha value is -3.70. The van der Waals surface area contributed by atoms with E-state index >= 15 is 0 Å². The Balaban J connectivity index is 1.23. The van der Waals surface area contributed by atoms with Crippen molar-refractivity contribution in [2.75, 3.05) is 19.6 Å². The Bertz CT molecular complexity index is 1490. The van der Waals surface area contributed by atoms with Crippen molar-refractivity contribution in [3.05, 3.63) is 102 Å². The molecule has 42 heavy (non-hydrogen) atoms. The third-order valence-electron chi connectivity index (χ3n) is 8.05. The van der Waals surface area contributed by atoms with Crippen LogP contribution in [0.4, 0.5) is 13.2 Å². The second kappa shape index (κ2) is 12.3. The molecule has 2 fully saturated rings. The van der Waals surface area contributed by atoms with E-state index in [1.807, 2.05) is 53.4 Å². The molecule has 1 saturated heterocycles. The third kappa shape index (κ3) is 6.68. The molecule has 222 valence electrons. The number of alkyl halides is 3. The van der Waals surface area contributed by atoms with Gasteiger partial charge in [0.15, 0.2) is 0 Å². The lowest BCUT2D eigenvalue weighted by molar-refractivity contribution is -0.141. The predicted octanol–water partition coefficient (Wildman–Crippen LogP) is 5.27. The van der Waals surface area contributed by atoms with E-state index in [2.05, 4.69) is 4.72 Å². The van der Waals surface area contributed by atoms with Gasteiger partial charge in [0.25, 0.3) is 5.91 Å². The monoisotopic (exact) mass is 599 g/mol. The highest BCUT2D eigenvalue weighted by Crippen LogP contribution is 2.33. The standard InChI is InChI=1S/C31H32F3N3O4S/c32-31(33,34)25-13-17-27(18-14-25)42(40,41)35-26-15-11-24(12-16-26)30(39)37-20-19-36(29(38)23-9-5-2-6-10-23)21-28(37)22-7-3-1-4-8-22/h1-10,13-14,17-18,24,26,28,35H,11-12,15-16,19-21H2/t24-,26-,28-/m1/s1. The van der Waals surface area contributed by atoms with Gasteiger partial charge >= 0.3 is 6.18 Å². The summed E-state index contributed by atoms with van der Waals surface area (Å²) in [5.41, 5.74) is 0.620. The van der Waals surface area contributed by atoms with Gasteiger partial charge in [-0.2, -0.15) is 13.2 Å². The van der Waals surface area contributed by atoms with E-state index in [4.69, 9.17) is 0 Å². The van der Waals surface area contributed by atoms with Gasteiger partial charge in [-0.15, -0.1) is 0 Å². The number of hydrogen-bond acceptors (Lipinski definition) is 4. The highest BCUT2D eigenvalue weighted by molar-refractivity contribution is 7.89. The van der Waals surface area contributed by atoms with Gasteiger partial charge in [0.05, 0.1) is 16.5 Å². The highest BCUT2D eigenvalue weighted by Gasteiger charge is 2.38. The Morgan fingerprint density at radius 2 is 1.38 bits per heavy atom. The maximum absolute atomic E-state index is 13.8. The van der Waals surface area contributed by atoms with Crippen molar-refractivity contribution in [2.45, 2.75) is 48.8 Å². The van der Waals surface area contributed by atoms with Gasteiger partial charge in [-0.25, -0.2) is 13.1 Å². The molecule has 11 heteroatoms. The summed E-state index contributed by atoms with van der Waals surface area (Å²) in [5.74, 6) is -0.386. The smallest absolute Gasteiger partial charge is 0.334 e. The normalized spacial score (nSPS) is 21.6. The van der Waals surface area contributed by atoms with Crippen LogP contribution in [-0.2, 0) is 21.0 Å². The number of halogens is 3. The molecular formula is C31H32F3N3O4S. The number of sulfonamides is 1. The van der Waals surface area contributed by atoms with Crippen molar-refractivity contribution in [3.63, 3.8) is 0 Å². The van der Waals surface area contributed by atoms with E-state index in [0.717, 1.165) is 29.8 Å². The number of carbonyl (C=O) groups is 2. The van der Waals surface area contributed by atoms with Gasteiger partial charge in [0.1, 0.15) is 0 Å². The van der Waals surface area contributed by atoms with Gasteiger partial charge < -0.3 is 9.80 Å². The first-order valence-electron chi connectivity index (χ1n) is 13.9. The topological polar surface area (TPSA) is 86.8 Å². The minimum absolute atomic E-state index is 0.0142. The van der Waals surface area contributed by atoms with Crippen LogP contribution in [0, 0.1) is 5.92 Å². The Kier molecular flexibility index (Phi) is 8.70. The van der Waals surface area contributed by atoms with Crippen LogP contribution in [0.25, 0.3) is 0 Å². The van der Waals surface area contributed by atoms with Crippen LogP contribution in [0.5, 0.6) is 0 Å². The third-order valence-corrected chi connectivity index (χ3v) is 9.58. The maximum Gasteiger partial charge on any atom is 0.416 e. The molecule has 1 aliphatic carbocycles. The first-order valence-corrected chi connectivity index (χ1v) is 15.4. The number of benzene rings is 3. The number of nitrogens with one attached hydrogen (secondary N) is 1. The molecule has 1 aliphatic heterocycles. The number of carbonyl (C=O) groups excluding carboxylic acids is 2. The summed E-state index contributed by atoms with van der Waals surface area (Å²) < 4.78 is 66.8. The number of hydrogen-bond donors (Lipinski definition) is 1. The van der Waals surface area contributed by atoms with Crippen molar-refractivity contribution in [1.82, 2.24) is 14.5 Å². The van der Waals surface area contributed by atoms with Gasteiger partial charge in [-0.05, 0) is 67.6 Å². The largest absolute Gasteiger partial charge is 0.416 e. The molecule has 0 radical (unpaired) electrons. The fraction of sp³-hybridized carbons (Fsp3) is 0.355. The van der Waals surface area contributed by atoms with Gasteiger partial charge in [0, 0.05) is 37.2 Å². The molecule has 2 amide bonds. The lowest BCUT2D eigenvalue weighted by Gasteiger charge is -2.43. The average molecular weight is 600 g/mol. The second-order valence-electron chi connectivity index (χ2n) is 10.8. The molecule has 0 unspecified atom stereocenters. The fourth-order valence-electron chi connectivity index (χ4n) is 5.76. The van der Waals surface area contributed by atoms with Crippen LogP contribution < -0.4 is 4.72 Å². The minimum atomic E-state index is -4.55. The van der Waals surface area contributed by atoms with Gasteiger partial charge in [0.2, 0.25) is 15.9 Å². The maximum atomic E-state index is 13.8. The first-order chi connectivity index (χ1) is 20.0. The lowest BCUT2D eigenvalue weighted by atomic mass is 9.85. The number of rotatable bonds is 6. The SMILES string of the molecule is O=C(c1ccccc1)N1CCN(C(=O)[C@H]2CC[C@H](NS(=O)(=O)c3ccc(C(F)(F)F)cc3)CC2)[C@@H](c2ccccc2)C1. The van der Waals surface area contributed by atoms with Crippen LogP contribution >= 0.6 is 0 Å². The van der Waals surface area contributed by atoms with E-state index in [9.17, 15) is 31.2 Å². The van der Waals surface area contributed by atoms with Gasteiger partial charge in [-0.1, -0.05) is 48.5 Å². The van der Waals surface area contributed by atoms with E-state index < -0.39 is 27.8 Å². The second-order valence-corrected chi connectivity index (χ2v) is 12.5. The van der Waals surface area contributed by atoms with Gasteiger partial charge in [-0.3, -0.25) is 9.59 Å². The zero-order chi connectivity index (χ0) is 29.9. The first kappa shape index (κ1) is 29.8. The molecule has 1 N–H and O–H groups in total. The highest BCUT2D eigenvalue weighted by atomic mass is 32.2. The molecule has 0 spiro atoms. The van der Waals surface area contributed by atoms with Crippen molar-refractivity contribution in [2.24, 2.45) is 5.92 Å². The molecule has 3 aromatic carbocycles. The van der Waals surface area contributed by atoms with E-state index in [0.29, 0.717) is 50.9 Å². The summed E-state index contributed by atoms with van der Waals surface area (Å²) in [5, 5.41) is 0. The lowest BCUT2D eigenvalue weighted by Crippen LogP contribution is -2.54. The van der Waals surface area contributed by atoms with Crippen LogP contribution in [0.3, 0.4) is 0 Å². The Morgan fingerprint density at radius 1 is 0.786 bits per heavy atom. The van der Waals surface area contributed by atoms with Crippen LogP contribution in [-0.4, -0.2) is 55.7 Å². The molecule has 1 heterocycles. The quantitative estimate of drug-likeness (QED) is 0.419. The van der Waals surface area contributed by atoms with E-state index in [1.165, 1.54) is 0 Å². The summed E-state index contributed by atoms with van der Waals surface area (Å²) in [6, 6.07) is 21.3. The van der Waals surface area contributed by atoms with E-state index in [-0.39, 0.29) is 28.7 Å². The predicted molar refractivity (Wildman–Crippen MR) is 151 cm³/mol. The van der Waals surface area contributed by atoms with Crippen LogP contribution in [0.2, 0.25) is 0 Å². The fourth-order valence-corrected chi connectivity index (χ4v) is 7.06. The Labute approximate surface area is 243 Å². The zero-order valence-corrected chi connectivity index (χ0v) is 23.7. The molecular weight excluding hydrogens is 567 g/mol. The summed E-state index contributed by atoms with van der Waals surface area (Å²) in [6.45, 7) is 1.16. The Morgan fingerprint density at radius 3 is 1.98 bits per heavy atom. The number of amides is 2. The van der Waals surface area contributed by atoms with Crippen molar-refractivity contribution in [1.29, 1.82) is 0 Å². The van der Waals surface area contributed by atoms with E-state index in [1.54, 1.807) is 17.0 Å². The molecule has 0 aromatic heterocycles. The van der Waals surface area contributed by atoms with Crippen molar-refractivity contribution >= 4 is 21.8 Å². The molecule has 1 saturated carbocycles. The number of piperazine rings is 1. The molecule has 0 bridgehead atoms. The molecule has 2 aliphatic rings. The molecule has 3 aromatic rings. The van der Waals surface area contributed by atoms with Crippen LogP contribution in [0.1, 0.15) is 53.2 Å².